The Morgan fingerprint density at radius 2 is 1.19 bits per heavy atom. The van der Waals surface area contributed by atoms with Crippen LogP contribution in [0.1, 0.15) is 25.5 Å². The zero-order valence-corrected chi connectivity index (χ0v) is 15.1. The maximum absolute atomic E-state index is 12.8. The number of hydrogen-bond acceptors (Lipinski definition) is 3. The molecule has 0 saturated heterocycles. The van der Waals surface area contributed by atoms with Crippen molar-refractivity contribution >= 4 is 27.9 Å². The second-order valence-corrected chi connectivity index (χ2v) is 6.41. The van der Waals surface area contributed by atoms with E-state index in [9.17, 15) is 4.79 Å². The zero-order valence-electron chi connectivity index (χ0n) is 15.1. The van der Waals surface area contributed by atoms with Gasteiger partial charge in [-0.05, 0) is 38.1 Å². The molecule has 2 heterocycles. The van der Waals surface area contributed by atoms with Gasteiger partial charge < -0.3 is 9.13 Å². The van der Waals surface area contributed by atoms with E-state index < -0.39 is 0 Å². The van der Waals surface area contributed by atoms with Crippen LogP contribution < -0.4 is 0 Å². The smallest absolute Gasteiger partial charge is 0.147 e. The van der Waals surface area contributed by atoms with Crippen LogP contribution >= 0.6 is 0 Å². The minimum atomic E-state index is 0.139. The van der Waals surface area contributed by atoms with E-state index >= 15 is 0 Å². The van der Waals surface area contributed by atoms with Crippen molar-refractivity contribution in [1.29, 1.82) is 0 Å². The summed E-state index contributed by atoms with van der Waals surface area (Å²) in [6, 6.07) is 16.1. The number of benzene rings is 2. The molecule has 5 heteroatoms. The molecule has 0 radical (unpaired) electrons. The van der Waals surface area contributed by atoms with Crippen LogP contribution in [-0.4, -0.2) is 24.9 Å². The highest BCUT2D eigenvalue weighted by molar-refractivity contribution is 5.85. The SMILES string of the molecule is CCn1c(CC(=O)Cc2nc3ccccc3n2CC)nc2ccccc21. The van der Waals surface area contributed by atoms with Crippen molar-refractivity contribution in [1.82, 2.24) is 19.1 Å². The number of hydrogen-bond donors (Lipinski definition) is 0. The Morgan fingerprint density at radius 3 is 1.62 bits per heavy atom. The lowest BCUT2D eigenvalue weighted by molar-refractivity contribution is -0.118. The predicted octanol–water partition coefficient (Wildman–Crippen LogP) is 3.78. The van der Waals surface area contributed by atoms with Gasteiger partial charge in [-0.15, -0.1) is 0 Å². The third kappa shape index (κ3) is 2.79. The van der Waals surface area contributed by atoms with Crippen LogP contribution in [-0.2, 0) is 30.7 Å². The van der Waals surface area contributed by atoms with E-state index in [0.29, 0.717) is 12.8 Å². The zero-order chi connectivity index (χ0) is 18.1. The maximum atomic E-state index is 12.8. The fourth-order valence-corrected chi connectivity index (χ4v) is 3.64. The lowest BCUT2D eigenvalue weighted by Gasteiger charge is -2.07. The summed E-state index contributed by atoms with van der Waals surface area (Å²) >= 11 is 0. The summed E-state index contributed by atoms with van der Waals surface area (Å²) in [5, 5.41) is 0. The van der Waals surface area contributed by atoms with E-state index in [4.69, 9.17) is 0 Å². The first-order chi connectivity index (χ1) is 12.7. The molecule has 4 rings (SSSR count). The van der Waals surface area contributed by atoms with Crippen LogP contribution in [0, 0.1) is 0 Å². The lowest BCUT2D eigenvalue weighted by Crippen LogP contribution is -2.14. The van der Waals surface area contributed by atoms with Gasteiger partial charge in [0.1, 0.15) is 17.4 Å². The van der Waals surface area contributed by atoms with Gasteiger partial charge in [0.15, 0.2) is 0 Å². The Bertz CT molecular complexity index is 1000. The third-order valence-corrected chi connectivity index (χ3v) is 4.81. The number of ketones is 1. The number of imidazole rings is 2. The number of rotatable bonds is 6. The molecule has 0 aliphatic carbocycles. The van der Waals surface area contributed by atoms with Crippen molar-refractivity contribution in [2.75, 3.05) is 0 Å². The Morgan fingerprint density at radius 1 is 0.769 bits per heavy atom. The largest absolute Gasteiger partial charge is 0.328 e. The van der Waals surface area contributed by atoms with Crippen LogP contribution in [0.4, 0.5) is 0 Å². The number of aryl methyl sites for hydroxylation is 2. The second kappa shape index (κ2) is 6.75. The fourth-order valence-electron chi connectivity index (χ4n) is 3.64. The Labute approximate surface area is 152 Å². The first-order valence-electron chi connectivity index (χ1n) is 9.11. The maximum Gasteiger partial charge on any atom is 0.147 e. The van der Waals surface area contributed by atoms with Crippen LogP contribution in [0.3, 0.4) is 0 Å². The van der Waals surface area contributed by atoms with Crippen LogP contribution in [0.2, 0.25) is 0 Å². The molecular weight excluding hydrogens is 324 g/mol. The molecule has 0 atom stereocenters. The first kappa shape index (κ1) is 16.5. The molecule has 2 aromatic carbocycles. The van der Waals surface area contributed by atoms with E-state index in [0.717, 1.165) is 46.8 Å². The summed E-state index contributed by atoms with van der Waals surface area (Å²) in [6.07, 6.45) is 0.658. The Kier molecular flexibility index (Phi) is 4.29. The van der Waals surface area contributed by atoms with Gasteiger partial charge in [-0.1, -0.05) is 24.3 Å². The van der Waals surface area contributed by atoms with Gasteiger partial charge in [0.25, 0.3) is 0 Å². The van der Waals surface area contributed by atoms with Gasteiger partial charge in [-0.25, -0.2) is 9.97 Å². The summed E-state index contributed by atoms with van der Waals surface area (Å²) in [5.74, 6) is 1.80. The third-order valence-electron chi connectivity index (χ3n) is 4.81. The normalized spacial score (nSPS) is 11.5. The highest BCUT2D eigenvalue weighted by Crippen LogP contribution is 2.19. The number of carbonyl (C=O) groups is 1. The molecule has 0 amide bonds. The molecule has 0 aliphatic heterocycles. The number of carbonyl (C=O) groups excluding carboxylic acids is 1. The standard InChI is InChI=1S/C21H22N4O/c1-3-24-18-11-7-5-9-16(18)22-20(24)13-15(26)14-21-23-17-10-6-8-12-19(17)25(21)4-2/h5-12H,3-4,13-14H2,1-2H3. The van der Waals surface area contributed by atoms with Crippen LogP contribution in [0.15, 0.2) is 48.5 Å². The van der Waals surface area contributed by atoms with Crippen molar-refractivity contribution < 1.29 is 4.79 Å². The van der Waals surface area contributed by atoms with Gasteiger partial charge in [-0.2, -0.15) is 0 Å². The molecule has 5 nitrogen and oxygen atoms in total. The molecule has 2 aromatic heterocycles. The first-order valence-corrected chi connectivity index (χ1v) is 9.11. The van der Waals surface area contributed by atoms with Gasteiger partial charge in [0.2, 0.25) is 0 Å². The summed E-state index contributed by atoms with van der Waals surface area (Å²) in [4.78, 5) is 22.1. The minimum absolute atomic E-state index is 0.139. The van der Waals surface area contributed by atoms with E-state index in [2.05, 4.69) is 45.1 Å². The van der Waals surface area contributed by atoms with Gasteiger partial charge in [0, 0.05) is 13.1 Å². The highest BCUT2D eigenvalue weighted by Gasteiger charge is 2.17. The molecule has 132 valence electrons. The topological polar surface area (TPSA) is 52.7 Å². The van der Waals surface area contributed by atoms with Gasteiger partial charge >= 0.3 is 0 Å². The van der Waals surface area contributed by atoms with Crippen LogP contribution in [0.5, 0.6) is 0 Å². The summed E-state index contributed by atoms with van der Waals surface area (Å²) in [6.45, 7) is 5.77. The quantitative estimate of drug-likeness (QED) is 0.534. The highest BCUT2D eigenvalue weighted by atomic mass is 16.1. The van der Waals surface area contributed by atoms with Crippen molar-refractivity contribution in [3.63, 3.8) is 0 Å². The molecule has 0 saturated carbocycles. The van der Waals surface area contributed by atoms with E-state index in [1.54, 1.807) is 0 Å². The number of aromatic nitrogens is 4. The average Bonchev–Trinajstić information content (AvgIpc) is 3.17. The molecule has 0 N–H and O–H groups in total. The number of para-hydroxylation sites is 4. The summed E-state index contributed by atoms with van der Waals surface area (Å²) < 4.78 is 4.24. The van der Waals surface area contributed by atoms with E-state index in [1.165, 1.54) is 0 Å². The number of Topliss-reactive ketones (excluding diaryl/α,β-unsaturated/α-hetero) is 1. The fraction of sp³-hybridized carbons (Fsp3) is 0.286. The lowest BCUT2D eigenvalue weighted by atomic mass is 10.2. The molecule has 0 unspecified atom stereocenters. The summed E-state index contributed by atoms with van der Waals surface area (Å²) in [5.41, 5.74) is 4.05. The van der Waals surface area contributed by atoms with Crippen molar-refractivity contribution in [3.8, 4) is 0 Å². The molecule has 26 heavy (non-hydrogen) atoms. The van der Waals surface area contributed by atoms with Crippen LogP contribution in [0.25, 0.3) is 22.1 Å². The van der Waals surface area contributed by atoms with Crippen molar-refractivity contribution in [2.45, 2.75) is 39.8 Å². The molecule has 4 aromatic rings. The molecule has 0 aliphatic rings. The average molecular weight is 346 g/mol. The number of fused-ring (bicyclic) bond motifs is 2. The van der Waals surface area contributed by atoms with Gasteiger partial charge in [0.05, 0.1) is 34.9 Å². The molecule has 0 spiro atoms. The monoisotopic (exact) mass is 346 g/mol. The second-order valence-electron chi connectivity index (χ2n) is 6.41. The molecular formula is C21H22N4O. The van der Waals surface area contributed by atoms with Gasteiger partial charge in [-0.3, -0.25) is 4.79 Å². The molecule has 0 fully saturated rings. The Balaban J connectivity index is 1.62. The van der Waals surface area contributed by atoms with E-state index in [-0.39, 0.29) is 5.78 Å². The van der Waals surface area contributed by atoms with E-state index in [1.807, 2.05) is 36.4 Å². The Hall–Kier alpha value is -2.95. The molecule has 0 bridgehead atoms. The predicted molar refractivity (Wildman–Crippen MR) is 103 cm³/mol. The minimum Gasteiger partial charge on any atom is -0.328 e. The van der Waals surface area contributed by atoms with Crippen molar-refractivity contribution in [3.05, 3.63) is 60.2 Å². The van der Waals surface area contributed by atoms with Crippen molar-refractivity contribution in [2.24, 2.45) is 0 Å². The number of nitrogens with zero attached hydrogens (tertiary/aromatic N) is 4. The summed E-state index contributed by atoms with van der Waals surface area (Å²) in [7, 11) is 0.